The fourth-order valence-corrected chi connectivity index (χ4v) is 3.52. The topological polar surface area (TPSA) is 80.7 Å². The summed E-state index contributed by atoms with van der Waals surface area (Å²) < 4.78 is 28.9. The van der Waals surface area contributed by atoms with Gasteiger partial charge in [-0.3, -0.25) is 4.79 Å². The van der Waals surface area contributed by atoms with Crippen molar-refractivity contribution in [3.05, 3.63) is 28.8 Å². The Hall–Kier alpha value is -1.27. The molecular weight excluding hydrogens is 292 g/mol. The molecule has 0 radical (unpaired) electrons. The van der Waals surface area contributed by atoms with Crippen molar-refractivity contribution in [1.82, 2.24) is 0 Å². The van der Waals surface area contributed by atoms with Crippen molar-refractivity contribution in [2.45, 2.75) is 12.7 Å². The van der Waals surface area contributed by atoms with Gasteiger partial charge in [-0.25, -0.2) is 8.42 Å². The fourth-order valence-electron chi connectivity index (χ4n) is 1.61. The first-order valence-corrected chi connectivity index (χ1v) is 7.70. The summed E-state index contributed by atoms with van der Waals surface area (Å²) in [7, 11) is -2.12. The van der Waals surface area contributed by atoms with Crippen molar-refractivity contribution < 1.29 is 23.1 Å². The molecule has 106 valence electrons. The third kappa shape index (κ3) is 4.72. The Morgan fingerprint density at radius 3 is 2.63 bits per heavy atom. The lowest BCUT2D eigenvalue weighted by atomic mass is 10.2. The van der Waals surface area contributed by atoms with E-state index in [0.29, 0.717) is 16.3 Å². The van der Waals surface area contributed by atoms with Crippen LogP contribution < -0.4 is 4.74 Å². The van der Waals surface area contributed by atoms with Gasteiger partial charge >= 0.3 is 5.97 Å². The van der Waals surface area contributed by atoms with Gasteiger partial charge in [0.15, 0.2) is 9.84 Å². The van der Waals surface area contributed by atoms with Crippen molar-refractivity contribution in [3.8, 4) is 5.75 Å². The van der Waals surface area contributed by atoms with Crippen LogP contribution in [0.3, 0.4) is 0 Å². The molecule has 1 unspecified atom stereocenters. The normalized spacial score (nSPS) is 13.0. The van der Waals surface area contributed by atoms with E-state index in [1.165, 1.54) is 20.1 Å². The van der Waals surface area contributed by atoms with Crippen LogP contribution in [0.15, 0.2) is 18.2 Å². The SMILES string of the molecule is COc1ccc(Cl)cc1CS(=O)(=O)CC(C)C(=O)O. The maximum atomic E-state index is 11.9. The first-order valence-electron chi connectivity index (χ1n) is 5.51. The van der Waals surface area contributed by atoms with E-state index in [9.17, 15) is 13.2 Å². The average Bonchev–Trinajstić information content (AvgIpc) is 2.27. The van der Waals surface area contributed by atoms with Crippen molar-refractivity contribution in [2.75, 3.05) is 12.9 Å². The van der Waals surface area contributed by atoms with Crippen LogP contribution in [0.5, 0.6) is 5.75 Å². The van der Waals surface area contributed by atoms with E-state index in [1.807, 2.05) is 0 Å². The number of benzene rings is 1. The van der Waals surface area contributed by atoms with Gasteiger partial charge < -0.3 is 9.84 Å². The molecule has 0 aliphatic heterocycles. The highest BCUT2D eigenvalue weighted by atomic mass is 35.5. The zero-order chi connectivity index (χ0) is 14.6. The van der Waals surface area contributed by atoms with Crippen LogP contribution in [0.1, 0.15) is 12.5 Å². The third-order valence-corrected chi connectivity index (χ3v) is 4.54. The number of methoxy groups -OCH3 is 1. The highest BCUT2D eigenvalue weighted by Gasteiger charge is 2.22. The molecule has 0 fully saturated rings. The van der Waals surface area contributed by atoms with Crippen LogP contribution in [0.4, 0.5) is 0 Å². The second kappa shape index (κ2) is 6.25. The lowest BCUT2D eigenvalue weighted by molar-refractivity contribution is -0.140. The lowest BCUT2D eigenvalue weighted by Gasteiger charge is -2.11. The molecule has 0 aromatic heterocycles. The van der Waals surface area contributed by atoms with Crippen LogP contribution >= 0.6 is 11.6 Å². The smallest absolute Gasteiger partial charge is 0.307 e. The summed E-state index contributed by atoms with van der Waals surface area (Å²) in [6.45, 7) is 1.36. The summed E-state index contributed by atoms with van der Waals surface area (Å²) in [6, 6.07) is 4.67. The molecule has 1 rings (SSSR count). The number of hydrogen-bond donors (Lipinski definition) is 1. The van der Waals surface area contributed by atoms with Gasteiger partial charge in [0.2, 0.25) is 0 Å². The van der Waals surface area contributed by atoms with Crippen LogP contribution in [0, 0.1) is 5.92 Å². The van der Waals surface area contributed by atoms with Gasteiger partial charge in [0.1, 0.15) is 5.75 Å². The Morgan fingerprint density at radius 1 is 1.47 bits per heavy atom. The number of sulfone groups is 1. The summed E-state index contributed by atoms with van der Waals surface area (Å²) in [5.41, 5.74) is 0.424. The van der Waals surface area contributed by atoms with Crippen LogP contribution in [0.2, 0.25) is 5.02 Å². The second-order valence-corrected chi connectivity index (χ2v) is 6.80. The standard InChI is InChI=1S/C12H15ClO5S/c1-8(12(14)15)6-19(16,17)7-9-5-10(13)3-4-11(9)18-2/h3-5,8H,6-7H2,1-2H3,(H,14,15). The number of rotatable bonds is 6. The molecule has 5 nitrogen and oxygen atoms in total. The van der Waals surface area contributed by atoms with Crippen molar-refractivity contribution >= 4 is 27.4 Å². The Balaban J connectivity index is 2.95. The molecule has 0 aliphatic carbocycles. The number of ether oxygens (including phenoxy) is 1. The molecule has 0 heterocycles. The first kappa shape index (κ1) is 15.8. The molecule has 1 N–H and O–H groups in total. The predicted molar refractivity (Wildman–Crippen MR) is 72.3 cm³/mol. The van der Waals surface area contributed by atoms with E-state index in [-0.39, 0.29) is 5.75 Å². The summed E-state index contributed by atoms with van der Waals surface area (Å²) in [6.07, 6.45) is 0. The molecule has 0 spiro atoms. The Kier molecular flexibility index (Phi) is 5.20. The van der Waals surface area contributed by atoms with Gasteiger partial charge in [-0.1, -0.05) is 18.5 Å². The van der Waals surface area contributed by atoms with Crippen LogP contribution in [-0.2, 0) is 20.4 Å². The molecule has 0 amide bonds. The van der Waals surface area contributed by atoms with Crippen molar-refractivity contribution in [1.29, 1.82) is 0 Å². The van der Waals surface area contributed by atoms with Crippen LogP contribution in [-0.4, -0.2) is 32.4 Å². The van der Waals surface area contributed by atoms with E-state index in [0.717, 1.165) is 0 Å². The maximum Gasteiger partial charge on any atom is 0.307 e. The van der Waals surface area contributed by atoms with Crippen molar-refractivity contribution in [2.24, 2.45) is 5.92 Å². The molecular formula is C12H15ClO5S. The third-order valence-electron chi connectivity index (χ3n) is 2.54. The van der Waals surface area contributed by atoms with E-state index in [2.05, 4.69) is 0 Å². The summed E-state index contributed by atoms with van der Waals surface area (Å²) in [5.74, 6) is -2.39. The van der Waals surface area contributed by atoms with Crippen LogP contribution in [0.25, 0.3) is 0 Å². The van der Waals surface area contributed by atoms with Crippen molar-refractivity contribution in [3.63, 3.8) is 0 Å². The number of carbonyl (C=O) groups is 1. The zero-order valence-electron chi connectivity index (χ0n) is 10.6. The molecule has 0 aliphatic rings. The quantitative estimate of drug-likeness (QED) is 0.869. The zero-order valence-corrected chi connectivity index (χ0v) is 12.2. The number of halogens is 1. The van der Waals surface area contributed by atoms with Gasteiger partial charge in [0.05, 0.1) is 24.5 Å². The molecule has 0 saturated carbocycles. The molecule has 0 saturated heterocycles. The molecule has 0 bridgehead atoms. The van der Waals surface area contributed by atoms with Gasteiger partial charge in [-0.2, -0.15) is 0 Å². The number of carboxylic acids is 1. The molecule has 1 aromatic carbocycles. The minimum Gasteiger partial charge on any atom is -0.496 e. The minimum absolute atomic E-state index is 0.297. The number of hydrogen-bond acceptors (Lipinski definition) is 4. The van der Waals surface area contributed by atoms with Gasteiger partial charge in [0.25, 0.3) is 0 Å². The van der Waals surface area contributed by atoms with E-state index in [4.69, 9.17) is 21.4 Å². The summed E-state index contributed by atoms with van der Waals surface area (Å²) in [4.78, 5) is 10.7. The van der Waals surface area contributed by atoms with Gasteiger partial charge in [0, 0.05) is 10.6 Å². The average molecular weight is 307 g/mol. The number of aliphatic carboxylic acids is 1. The highest BCUT2D eigenvalue weighted by Crippen LogP contribution is 2.25. The van der Waals surface area contributed by atoms with Gasteiger partial charge in [-0.15, -0.1) is 0 Å². The summed E-state index contributed by atoms with van der Waals surface area (Å²) >= 11 is 5.81. The largest absolute Gasteiger partial charge is 0.496 e. The molecule has 1 aromatic rings. The van der Waals surface area contributed by atoms with E-state index < -0.39 is 27.5 Å². The first-order chi connectivity index (χ1) is 8.75. The minimum atomic E-state index is -3.55. The Morgan fingerprint density at radius 2 is 2.11 bits per heavy atom. The Bertz CT molecular complexity index is 567. The maximum absolute atomic E-state index is 11.9. The fraction of sp³-hybridized carbons (Fsp3) is 0.417. The monoisotopic (exact) mass is 306 g/mol. The van der Waals surface area contributed by atoms with Gasteiger partial charge in [-0.05, 0) is 18.2 Å². The lowest BCUT2D eigenvalue weighted by Crippen LogP contribution is -2.22. The molecule has 1 atom stereocenters. The highest BCUT2D eigenvalue weighted by molar-refractivity contribution is 7.90. The number of carboxylic acid groups (broad SMARTS) is 1. The van der Waals surface area contributed by atoms with E-state index in [1.54, 1.807) is 12.1 Å². The Labute approximate surface area is 117 Å². The molecule has 19 heavy (non-hydrogen) atoms. The second-order valence-electron chi connectivity index (χ2n) is 4.25. The predicted octanol–water partition coefficient (Wildman–Crippen LogP) is 1.98. The molecule has 7 heteroatoms. The van der Waals surface area contributed by atoms with E-state index >= 15 is 0 Å². The summed E-state index contributed by atoms with van der Waals surface area (Å²) in [5, 5.41) is 9.15.